The fourth-order valence-corrected chi connectivity index (χ4v) is 5.15. The van der Waals surface area contributed by atoms with Crippen LogP contribution in [-0.2, 0) is 9.59 Å². The molecule has 0 saturated carbocycles. The molecule has 2 fully saturated rings. The zero-order valence-electron chi connectivity index (χ0n) is 12.3. The van der Waals surface area contributed by atoms with Crippen molar-refractivity contribution < 1.29 is 19.5 Å². The third-order valence-electron chi connectivity index (χ3n) is 4.79. The molecule has 0 bridgehead atoms. The van der Waals surface area contributed by atoms with Gasteiger partial charge in [-0.1, -0.05) is 18.2 Å². The molecule has 1 aromatic rings. The Morgan fingerprint density at radius 3 is 2.78 bits per heavy atom. The lowest BCUT2D eigenvalue weighted by molar-refractivity contribution is -0.310. The van der Waals surface area contributed by atoms with Crippen molar-refractivity contribution in [3.05, 3.63) is 35.4 Å². The van der Waals surface area contributed by atoms with Gasteiger partial charge in [-0.05, 0) is 24.5 Å². The van der Waals surface area contributed by atoms with Gasteiger partial charge in [0, 0.05) is 17.9 Å². The molecular weight excluding hydrogens is 316 g/mol. The van der Waals surface area contributed by atoms with Gasteiger partial charge in [0.1, 0.15) is 11.4 Å². The molecule has 0 unspecified atom stereocenters. The van der Waals surface area contributed by atoms with Crippen molar-refractivity contribution in [2.75, 3.05) is 12.3 Å². The van der Waals surface area contributed by atoms with Crippen molar-refractivity contribution in [3.63, 3.8) is 0 Å². The quantitative estimate of drug-likeness (QED) is 0.762. The van der Waals surface area contributed by atoms with E-state index in [1.165, 1.54) is 4.90 Å². The molecule has 7 heteroatoms. The van der Waals surface area contributed by atoms with Gasteiger partial charge in [0.25, 0.3) is 5.91 Å². The molecule has 3 aliphatic rings. The molecule has 2 saturated heterocycles. The zero-order chi connectivity index (χ0) is 16.1. The predicted molar refractivity (Wildman–Crippen MR) is 81.3 cm³/mol. The molecule has 3 aliphatic heterocycles. The average Bonchev–Trinajstić information content (AvgIpc) is 3.24. The summed E-state index contributed by atoms with van der Waals surface area (Å²) in [5, 5.41) is 11.1. The predicted octanol–water partition coefficient (Wildman–Crippen LogP) is -0.00270. The number of carboxylic acid groups (broad SMARTS) is 1. The lowest BCUT2D eigenvalue weighted by atomic mass is 10.1. The van der Waals surface area contributed by atoms with Crippen molar-refractivity contribution in [2.24, 2.45) is 0 Å². The van der Waals surface area contributed by atoms with E-state index in [0.717, 1.165) is 5.56 Å². The first-order valence-electron chi connectivity index (χ1n) is 7.64. The number of carboxylic acids is 1. The van der Waals surface area contributed by atoms with Crippen LogP contribution in [0.2, 0.25) is 0 Å². The van der Waals surface area contributed by atoms with Gasteiger partial charge in [0.2, 0.25) is 5.91 Å². The van der Waals surface area contributed by atoms with Gasteiger partial charge >= 0.3 is 0 Å². The highest BCUT2D eigenvalue weighted by atomic mass is 32.2. The van der Waals surface area contributed by atoms with E-state index in [-0.39, 0.29) is 17.2 Å². The molecule has 6 nitrogen and oxygen atoms in total. The average molecular weight is 331 g/mol. The van der Waals surface area contributed by atoms with Gasteiger partial charge in [0.15, 0.2) is 0 Å². The van der Waals surface area contributed by atoms with Crippen LogP contribution in [0.25, 0.3) is 0 Å². The molecular formula is C16H15N2O4S-. The molecule has 4 rings (SSSR count). The van der Waals surface area contributed by atoms with Crippen LogP contribution >= 0.6 is 11.8 Å². The molecule has 0 aliphatic carbocycles. The van der Waals surface area contributed by atoms with Crippen molar-refractivity contribution in [1.29, 1.82) is 0 Å². The van der Waals surface area contributed by atoms with Crippen LogP contribution in [0.1, 0.15) is 34.1 Å². The van der Waals surface area contributed by atoms with Crippen molar-refractivity contribution in [1.82, 2.24) is 9.80 Å². The monoisotopic (exact) mass is 331 g/mol. The van der Waals surface area contributed by atoms with E-state index in [1.807, 2.05) is 18.2 Å². The van der Waals surface area contributed by atoms with Crippen molar-refractivity contribution >= 4 is 29.5 Å². The number of hydrogen-bond donors (Lipinski definition) is 0. The summed E-state index contributed by atoms with van der Waals surface area (Å²) in [5.74, 6) is -1.13. The highest BCUT2D eigenvalue weighted by Gasteiger charge is 2.50. The van der Waals surface area contributed by atoms with E-state index < -0.39 is 18.1 Å². The molecule has 2 amide bonds. The summed E-state index contributed by atoms with van der Waals surface area (Å²) in [4.78, 5) is 39.7. The number of likely N-dealkylation sites (tertiary alicyclic amines) is 1. The molecule has 3 heterocycles. The Labute approximate surface area is 137 Å². The SMILES string of the molecule is O=C([O-])[C@H]1CCCN1C(=O)[C@@H]1CS[C@H]2c3ccccc3C(=O)N12. The Kier molecular flexibility index (Phi) is 3.33. The smallest absolute Gasteiger partial charge is 0.256 e. The highest BCUT2D eigenvalue weighted by molar-refractivity contribution is 7.99. The first kappa shape index (κ1) is 14.6. The summed E-state index contributed by atoms with van der Waals surface area (Å²) < 4.78 is 0. The number of thioether (sulfide) groups is 1. The number of amides is 2. The van der Waals surface area contributed by atoms with Gasteiger partial charge in [-0.25, -0.2) is 0 Å². The normalized spacial score (nSPS) is 28.9. The van der Waals surface area contributed by atoms with E-state index in [1.54, 1.807) is 22.7 Å². The number of fused-ring (bicyclic) bond motifs is 3. The molecule has 0 N–H and O–H groups in total. The minimum Gasteiger partial charge on any atom is -0.548 e. The van der Waals surface area contributed by atoms with E-state index in [9.17, 15) is 19.5 Å². The molecule has 120 valence electrons. The van der Waals surface area contributed by atoms with Gasteiger partial charge in [-0.15, -0.1) is 11.8 Å². The number of benzene rings is 1. The minimum atomic E-state index is -1.21. The van der Waals surface area contributed by atoms with E-state index in [2.05, 4.69) is 0 Å². The van der Waals surface area contributed by atoms with Crippen LogP contribution < -0.4 is 5.11 Å². The Hall–Kier alpha value is -2.02. The van der Waals surface area contributed by atoms with Crippen LogP contribution in [0.15, 0.2) is 24.3 Å². The maximum Gasteiger partial charge on any atom is 0.256 e. The third-order valence-corrected chi connectivity index (χ3v) is 6.09. The standard InChI is InChI=1S/C16H16N2O4S/c19-13-9-4-1-2-5-10(9)15-18(13)12(8-23-15)14(20)17-7-3-6-11(17)16(21)22/h1-2,4-5,11-12,15H,3,6-8H2,(H,21,22)/p-1/t11-,12+,15+/m1/s1. The minimum absolute atomic E-state index is 0.141. The number of aliphatic carboxylic acids is 1. The van der Waals surface area contributed by atoms with Crippen LogP contribution in [-0.4, -0.2) is 52.0 Å². The Bertz CT molecular complexity index is 707. The zero-order valence-corrected chi connectivity index (χ0v) is 13.1. The molecule has 0 aromatic heterocycles. The maximum atomic E-state index is 12.8. The molecule has 1 aromatic carbocycles. The fourth-order valence-electron chi connectivity index (χ4n) is 3.70. The summed E-state index contributed by atoms with van der Waals surface area (Å²) in [6.45, 7) is 0.415. The maximum absolute atomic E-state index is 12.8. The first-order chi connectivity index (χ1) is 11.1. The van der Waals surface area contributed by atoms with Gasteiger partial charge < -0.3 is 19.7 Å². The van der Waals surface area contributed by atoms with E-state index in [4.69, 9.17) is 0 Å². The van der Waals surface area contributed by atoms with Crippen LogP contribution in [0.4, 0.5) is 0 Å². The van der Waals surface area contributed by atoms with Crippen LogP contribution in [0, 0.1) is 0 Å². The number of nitrogens with zero attached hydrogens (tertiary/aromatic N) is 2. The van der Waals surface area contributed by atoms with Crippen molar-refractivity contribution in [3.8, 4) is 0 Å². The molecule has 0 radical (unpaired) electrons. The number of carbonyl (C=O) groups excluding carboxylic acids is 3. The number of hydrogen-bond acceptors (Lipinski definition) is 5. The lowest BCUT2D eigenvalue weighted by Gasteiger charge is -2.31. The number of carbonyl (C=O) groups is 3. The summed E-state index contributed by atoms with van der Waals surface area (Å²) in [7, 11) is 0. The van der Waals surface area contributed by atoms with Gasteiger partial charge in [-0.2, -0.15) is 0 Å². The summed E-state index contributed by atoms with van der Waals surface area (Å²) in [6.07, 6.45) is 1.08. The largest absolute Gasteiger partial charge is 0.548 e. The Morgan fingerprint density at radius 1 is 1.22 bits per heavy atom. The highest BCUT2D eigenvalue weighted by Crippen LogP contribution is 2.48. The third kappa shape index (κ3) is 2.06. The lowest BCUT2D eigenvalue weighted by Crippen LogP contribution is -2.53. The topological polar surface area (TPSA) is 80.7 Å². The summed E-state index contributed by atoms with van der Waals surface area (Å²) in [6, 6.07) is 5.93. The number of rotatable bonds is 2. The van der Waals surface area contributed by atoms with Gasteiger partial charge in [-0.3, -0.25) is 9.59 Å². The molecule has 23 heavy (non-hydrogen) atoms. The molecule has 0 spiro atoms. The van der Waals surface area contributed by atoms with Crippen molar-refractivity contribution in [2.45, 2.75) is 30.3 Å². The van der Waals surface area contributed by atoms with Crippen LogP contribution in [0.5, 0.6) is 0 Å². The van der Waals surface area contributed by atoms with Crippen LogP contribution in [0.3, 0.4) is 0 Å². The van der Waals surface area contributed by atoms with E-state index in [0.29, 0.717) is 30.7 Å². The summed E-state index contributed by atoms with van der Waals surface area (Å²) >= 11 is 1.56. The van der Waals surface area contributed by atoms with E-state index >= 15 is 0 Å². The first-order valence-corrected chi connectivity index (χ1v) is 8.69. The second-order valence-corrected chi connectivity index (χ2v) is 7.12. The van der Waals surface area contributed by atoms with Gasteiger partial charge in [0.05, 0.1) is 12.0 Å². The fraction of sp³-hybridized carbons (Fsp3) is 0.438. The second-order valence-electron chi connectivity index (χ2n) is 6.01. The second kappa shape index (κ2) is 5.26. The summed E-state index contributed by atoms with van der Waals surface area (Å²) in [5.41, 5.74) is 1.58. The Balaban J connectivity index is 1.62. The molecule has 3 atom stereocenters. The Morgan fingerprint density at radius 2 is 2.00 bits per heavy atom.